The molecule has 126 valence electrons. The second kappa shape index (κ2) is 7.68. The van der Waals surface area contributed by atoms with Gasteiger partial charge in [-0.25, -0.2) is 4.98 Å². The molecule has 24 heavy (non-hydrogen) atoms. The van der Waals surface area contributed by atoms with Crippen molar-refractivity contribution in [3.8, 4) is 12.1 Å². The third-order valence-electron chi connectivity index (χ3n) is 4.36. The minimum Gasteiger partial charge on any atom is -0.337 e. The third-order valence-corrected chi connectivity index (χ3v) is 5.45. The van der Waals surface area contributed by atoms with Crippen LogP contribution >= 0.6 is 11.8 Å². The molecule has 1 amide bonds. The summed E-state index contributed by atoms with van der Waals surface area (Å²) >= 11 is 1.27. The van der Waals surface area contributed by atoms with Crippen LogP contribution in [-0.2, 0) is 4.79 Å². The molecule has 1 heterocycles. The molecule has 0 saturated heterocycles. The van der Waals surface area contributed by atoms with Crippen LogP contribution in [0.4, 0.5) is 0 Å². The largest absolute Gasteiger partial charge is 0.337 e. The first-order chi connectivity index (χ1) is 11.4. The molecule has 1 atom stereocenters. The lowest BCUT2D eigenvalue weighted by Crippen LogP contribution is -2.50. The molecule has 1 aliphatic carbocycles. The molecule has 0 spiro atoms. The number of carbonyl (C=O) groups excluding carboxylic acids is 1. The average molecular weight is 342 g/mol. The first kappa shape index (κ1) is 18.3. The number of carbonyl (C=O) groups is 1. The monoisotopic (exact) mass is 342 g/mol. The van der Waals surface area contributed by atoms with Crippen molar-refractivity contribution in [1.82, 2.24) is 10.3 Å². The van der Waals surface area contributed by atoms with Gasteiger partial charge in [-0.2, -0.15) is 10.5 Å². The number of thioether (sulfide) groups is 1. The fraction of sp³-hybridized carbons (Fsp3) is 0.556. The minimum absolute atomic E-state index is 0.173. The van der Waals surface area contributed by atoms with E-state index >= 15 is 0 Å². The van der Waals surface area contributed by atoms with E-state index in [-0.39, 0.29) is 5.91 Å². The van der Waals surface area contributed by atoms with E-state index in [1.807, 2.05) is 19.9 Å². The fourth-order valence-corrected chi connectivity index (χ4v) is 4.02. The Labute approximate surface area is 147 Å². The number of aryl methyl sites for hydroxylation is 2. The van der Waals surface area contributed by atoms with Crippen LogP contribution in [0.25, 0.3) is 0 Å². The van der Waals surface area contributed by atoms with Gasteiger partial charge in [0, 0.05) is 5.69 Å². The van der Waals surface area contributed by atoms with Crippen LogP contribution in [0, 0.1) is 36.5 Å². The molecule has 0 aliphatic heterocycles. The molecule has 1 saturated carbocycles. The number of nitriles is 2. The highest BCUT2D eigenvalue weighted by molar-refractivity contribution is 8.00. The van der Waals surface area contributed by atoms with Crippen molar-refractivity contribution in [2.75, 3.05) is 0 Å². The quantitative estimate of drug-likeness (QED) is 0.847. The summed E-state index contributed by atoms with van der Waals surface area (Å²) in [4.78, 5) is 17.0. The first-order valence-corrected chi connectivity index (χ1v) is 9.07. The third kappa shape index (κ3) is 4.07. The van der Waals surface area contributed by atoms with Gasteiger partial charge in [0.05, 0.1) is 16.9 Å². The molecular weight excluding hydrogens is 320 g/mol. The van der Waals surface area contributed by atoms with Gasteiger partial charge in [0.2, 0.25) is 5.91 Å². The summed E-state index contributed by atoms with van der Waals surface area (Å²) in [5.74, 6) is -0.173. The lowest BCUT2D eigenvalue weighted by atomic mass is 9.83. The Balaban J connectivity index is 2.13. The molecule has 2 rings (SSSR count). The van der Waals surface area contributed by atoms with E-state index in [0.717, 1.165) is 30.5 Å². The summed E-state index contributed by atoms with van der Waals surface area (Å²) in [6.45, 7) is 5.53. The van der Waals surface area contributed by atoms with Crippen molar-refractivity contribution in [2.45, 2.75) is 68.7 Å². The number of hydrogen-bond acceptors (Lipinski definition) is 5. The Bertz CT molecular complexity index is 711. The Morgan fingerprint density at radius 3 is 2.58 bits per heavy atom. The maximum absolute atomic E-state index is 12.6. The maximum Gasteiger partial charge on any atom is 0.234 e. The lowest BCUT2D eigenvalue weighted by molar-refractivity contribution is -0.121. The molecule has 0 bridgehead atoms. The zero-order valence-corrected chi connectivity index (χ0v) is 15.2. The van der Waals surface area contributed by atoms with Crippen molar-refractivity contribution < 1.29 is 4.79 Å². The maximum atomic E-state index is 12.6. The fourth-order valence-electron chi connectivity index (χ4n) is 3.00. The van der Waals surface area contributed by atoms with E-state index in [1.165, 1.54) is 11.8 Å². The number of hydrogen-bond donors (Lipinski definition) is 1. The summed E-state index contributed by atoms with van der Waals surface area (Å²) in [6, 6.07) is 6.33. The minimum atomic E-state index is -0.738. The van der Waals surface area contributed by atoms with E-state index in [0.29, 0.717) is 23.4 Å². The molecule has 5 nitrogen and oxygen atoms in total. The van der Waals surface area contributed by atoms with Gasteiger partial charge in [0.1, 0.15) is 16.6 Å². The highest BCUT2D eigenvalue weighted by atomic mass is 32.2. The summed E-state index contributed by atoms with van der Waals surface area (Å²) in [6.07, 6.45) is 4.45. The van der Waals surface area contributed by atoms with Crippen LogP contribution in [0.5, 0.6) is 0 Å². The molecule has 1 N–H and O–H groups in total. The average Bonchev–Trinajstić information content (AvgIpc) is 2.55. The second-order valence-electron chi connectivity index (χ2n) is 6.38. The van der Waals surface area contributed by atoms with E-state index in [9.17, 15) is 15.3 Å². The van der Waals surface area contributed by atoms with E-state index in [2.05, 4.69) is 22.4 Å². The highest BCUT2D eigenvalue weighted by Crippen LogP contribution is 2.30. The van der Waals surface area contributed by atoms with Crippen molar-refractivity contribution in [1.29, 1.82) is 10.5 Å². The first-order valence-electron chi connectivity index (χ1n) is 8.19. The van der Waals surface area contributed by atoms with Gasteiger partial charge < -0.3 is 5.32 Å². The number of aromatic nitrogens is 1. The molecule has 0 aromatic carbocycles. The summed E-state index contributed by atoms with van der Waals surface area (Å²) in [5, 5.41) is 21.9. The lowest BCUT2D eigenvalue weighted by Gasteiger charge is -2.32. The number of nitrogens with zero attached hydrogens (tertiary/aromatic N) is 3. The number of pyridine rings is 1. The zero-order valence-electron chi connectivity index (χ0n) is 14.3. The Morgan fingerprint density at radius 2 is 2.00 bits per heavy atom. The van der Waals surface area contributed by atoms with Gasteiger partial charge in [-0.3, -0.25) is 4.79 Å². The molecular formula is C18H22N4OS. The molecule has 1 fully saturated rings. The van der Waals surface area contributed by atoms with Gasteiger partial charge in [-0.05, 0) is 45.2 Å². The van der Waals surface area contributed by atoms with Crippen LogP contribution in [0.1, 0.15) is 55.8 Å². The second-order valence-corrected chi connectivity index (χ2v) is 7.71. The SMILES string of the molecule is Cc1cc(C)c(C#N)c(SC(C)C(=O)NC2(C#N)CCCCC2)n1. The van der Waals surface area contributed by atoms with Crippen molar-refractivity contribution in [3.63, 3.8) is 0 Å². The summed E-state index contributed by atoms with van der Waals surface area (Å²) < 4.78 is 0. The number of amides is 1. The van der Waals surface area contributed by atoms with Gasteiger partial charge in [-0.15, -0.1) is 0 Å². The number of rotatable bonds is 4. The molecule has 6 heteroatoms. The zero-order chi connectivity index (χ0) is 17.7. The standard InChI is InChI=1S/C18H22N4OS/c1-12-9-13(2)21-17(15(12)10-19)24-14(3)16(23)22-18(11-20)7-5-4-6-8-18/h9,14H,4-8H2,1-3H3,(H,22,23). The van der Waals surface area contributed by atoms with E-state index < -0.39 is 10.8 Å². The summed E-state index contributed by atoms with van der Waals surface area (Å²) in [5.41, 5.74) is 1.46. The van der Waals surface area contributed by atoms with Gasteiger partial charge in [0.25, 0.3) is 0 Å². The molecule has 0 radical (unpaired) electrons. The van der Waals surface area contributed by atoms with Gasteiger partial charge in [0.15, 0.2) is 0 Å². The van der Waals surface area contributed by atoms with E-state index in [4.69, 9.17) is 0 Å². The predicted octanol–water partition coefficient (Wildman–Crippen LogP) is 3.39. The van der Waals surface area contributed by atoms with Crippen molar-refractivity contribution in [3.05, 3.63) is 22.9 Å². The van der Waals surface area contributed by atoms with Crippen LogP contribution in [-0.4, -0.2) is 21.7 Å². The highest BCUT2D eigenvalue weighted by Gasteiger charge is 2.35. The van der Waals surface area contributed by atoms with Crippen LogP contribution in [0.3, 0.4) is 0 Å². The topological polar surface area (TPSA) is 89.6 Å². The Kier molecular flexibility index (Phi) is 5.85. The van der Waals surface area contributed by atoms with Crippen molar-refractivity contribution >= 4 is 17.7 Å². The Hall–Kier alpha value is -2.05. The van der Waals surface area contributed by atoms with Crippen LogP contribution in [0.15, 0.2) is 11.1 Å². The number of nitrogens with one attached hydrogen (secondary N) is 1. The summed E-state index contributed by atoms with van der Waals surface area (Å²) in [7, 11) is 0. The van der Waals surface area contributed by atoms with Gasteiger partial charge in [-0.1, -0.05) is 31.0 Å². The molecule has 1 aromatic rings. The normalized spacial score (nSPS) is 17.4. The van der Waals surface area contributed by atoms with Crippen LogP contribution < -0.4 is 5.32 Å². The van der Waals surface area contributed by atoms with Crippen LogP contribution in [0.2, 0.25) is 0 Å². The van der Waals surface area contributed by atoms with E-state index in [1.54, 1.807) is 6.92 Å². The van der Waals surface area contributed by atoms with Gasteiger partial charge >= 0.3 is 0 Å². The smallest absolute Gasteiger partial charge is 0.234 e. The predicted molar refractivity (Wildman–Crippen MR) is 93.3 cm³/mol. The molecule has 1 aliphatic rings. The van der Waals surface area contributed by atoms with Crippen molar-refractivity contribution in [2.24, 2.45) is 0 Å². The molecule has 1 aromatic heterocycles. The molecule has 1 unspecified atom stereocenters. The Morgan fingerprint density at radius 1 is 1.33 bits per heavy atom.